The lowest BCUT2D eigenvalue weighted by Gasteiger charge is -2.01. The maximum atomic E-state index is 13.2. The lowest BCUT2D eigenvalue weighted by Crippen LogP contribution is -2.00. The monoisotopic (exact) mass is 206 g/mol. The van der Waals surface area contributed by atoms with Crippen LogP contribution in [0.2, 0.25) is 0 Å². The highest BCUT2D eigenvalue weighted by Gasteiger charge is 2.13. The number of pyridine rings is 1. The van der Waals surface area contributed by atoms with Gasteiger partial charge in [-0.2, -0.15) is 0 Å². The van der Waals surface area contributed by atoms with E-state index in [-0.39, 0.29) is 10.9 Å². The number of benzene rings is 1. The Kier molecular flexibility index (Phi) is 2.00. The number of aromatic nitrogens is 1. The molecule has 1 N–H and O–H groups in total. The smallest absolute Gasteiger partial charge is 0.354 e. The van der Waals surface area contributed by atoms with Crippen molar-refractivity contribution in [2.24, 2.45) is 0 Å². The third-order valence-electron chi connectivity index (χ3n) is 1.97. The van der Waals surface area contributed by atoms with E-state index in [9.17, 15) is 14.3 Å². The van der Waals surface area contributed by atoms with Crippen molar-refractivity contribution in [1.29, 1.82) is 0 Å². The molecule has 1 aromatic heterocycles. The molecule has 0 bridgehead atoms. The van der Waals surface area contributed by atoms with Gasteiger partial charge in [-0.05, 0) is 12.1 Å². The fourth-order valence-electron chi connectivity index (χ4n) is 1.29. The molecule has 2 aromatic rings. The minimum atomic E-state index is -1.35. The highest BCUT2D eigenvalue weighted by atomic mass is 19.1. The van der Waals surface area contributed by atoms with Crippen molar-refractivity contribution in [1.82, 2.24) is 4.98 Å². The van der Waals surface area contributed by atoms with Gasteiger partial charge in [0.2, 0.25) is 0 Å². The molecule has 1 aromatic carbocycles. The van der Waals surface area contributed by atoms with E-state index in [1.54, 1.807) is 0 Å². The van der Waals surface area contributed by atoms with Crippen LogP contribution < -0.4 is 0 Å². The quantitative estimate of drug-likeness (QED) is 0.777. The van der Waals surface area contributed by atoms with Crippen LogP contribution in [0.25, 0.3) is 10.9 Å². The molecule has 0 aliphatic rings. The summed E-state index contributed by atoms with van der Waals surface area (Å²) in [6.45, 7) is 0. The second-order valence-corrected chi connectivity index (χ2v) is 2.95. The van der Waals surface area contributed by atoms with Gasteiger partial charge in [0.1, 0.15) is 11.3 Å². The molecule has 0 spiro atoms. The average molecular weight is 206 g/mol. The standard InChI is InChI=1S/C10H5FNO3/c11-6-3-1-2-5-8(13)4-7(10(14)15)12-9(5)6/h1-4H,(H,14,15). The van der Waals surface area contributed by atoms with Crippen molar-refractivity contribution in [2.45, 2.75) is 0 Å². The summed E-state index contributed by atoms with van der Waals surface area (Å²) in [4.78, 5) is 14.1. The summed E-state index contributed by atoms with van der Waals surface area (Å²) in [5.74, 6) is -2.60. The Bertz CT molecular complexity index is 554. The minimum absolute atomic E-state index is 0.0833. The summed E-state index contributed by atoms with van der Waals surface area (Å²) >= 11 is 0. The summed E-state index contributed by atoms with van der Waals surface area (Å²) in [5.41, 5.74) is -0.653. The van der Waals surface area contributed by atoms with Crippen molar-refractivity contribution in [3.05, 3.63) is 35.8 Å². The van der Waals surface area contributed by atoms with Gasteiger partial charge in [-0.15, -0.1) is 0 Å². The Morgan fingerprint density at radius 1 is 1.40 bits per heavy atom. The van der Waals surface area contributed by atoms with E-state index in [4.69, 9.17) is 5.11 Å². The molecule has 5 heteroatoms. The summed E-state index contributed by atoms with van der Waals surface area (Å²) in [5, 5.41) is 20.1. The van der Waals surface area contributed by atoms with Crippen LogP contribution in [0.4, 0.5) is 4.39 Å². The first-order valence-electron chi connectivity index (χ1n) is 4.09. The lowest BCUT2D eigenvalue weighted by atomic mass is 10.1. The van der Waals surface area contributed by atoms with Gasteiger partial charge in [0.05, 0.1) is 5.39 Å². The van der Waals surface area contributed by atoms with Gasteiger partial charge < -0.3 is 5.11 Å². The number of hydrogen-bond donors (Lipinski definition) is 1. The Balaban J connectivity index is 2.85. The van der Waals surface area contributed by atoms with Crippen LogP contribution in [0.3, 0.4) is 0 Å². The highest BCUT2D eigenvalue weighted by Crippen LogP contribution is 2.26. The zero-order valence-corrected chi connectivity index (χ0v) is 7.40. The summed E-state index contributed by atoms with van der Waals surface area (Å²) in [6.07, 6.45) is 0. The molecule has 2 rings (SSSR count). The molecule has 0 fully saturated rings. The van der Waals surface area contributed by atoms with Gasteiger partial charge in [-0.1, -0.05) is 6.07 Å². The average Bonchev–Trinajstić information content (AvgIpc) is 2.19. The fraction of sp³-hybridized carbons (Fsp3) is 0. The lowest BCUT2D eigenvalue weighted by molar-refractivity contribution is 0.0690. The molecule has 0 aliphatic carbocycles. The first-order valence-corrected chi connectivity index (χ1v) is 4.09. The highest BCUT2D eigenvalue weighted by molar-refractivity contribution is 5.93. The summed E-state index contributed by atoms with van der Waals surface area (Å²) < 4.78 is 13.2. The van der Waals surface area contributed by atoms with E-state index in [0.717, 1.165) is 12.1 Å². The zero-order valence-electron chi connectivity index (χ0n) is 7.40. The van der Waals surface area contributed by atoms with Crippen molar-refractivity contribution < 1.29 is 19.4 Å². The second kappa shape index (κ2) is 3.20. The molecule has 15 heavy (non-hydrogen) atoms. The molecule has 75 valence electrons. The van der Waals surface area contributed by atoms with Crippen LogP contribution in [0.5, 0.6) is 5.75 Å². The fourth-order valence-corrected chi connectivity index (χ4v) is 1.29. The molecule has 0 amide bonds. The van der Waals surface area contributed by atoms with E-state index in [2.05, 4.69) is 4.98 Å². The van der Waals surface area contributed by atoms with E-state index in [1.807, 2.05) is 0 Å². The number of carboxylic acid groups (broad SMARTS) is 1. The van der Waals surface area contributed by atoms with Crippen molar-refractivity contribution >= 4 is 16.9 Å². The van der Waals surface area contributed by atoms with Gasteiger partial charge in [-0.25, -0.2) is 14.2 Å². The number of halogens is 1. The van der Waals surface area contributed by atoms with Gasteiger partial charge in [0, 0.05) is 6.07 Å². The molecule has 0 saturated carbocycles. The molecule has 1 heterocycles. The van der Waals surface area contributed by atoms with Crippen LogP contribution in [0, 0.1) is 5.82 Å². The van der Waals surface area contributed by atoms with Crippen molar-refractivity contribution in [2.75, 3.05) is 0 Å². The Hall–Kier alpha value is -2.17. The van der Waals surface area contributed by atoms with Crippen LogP contribution >= 0.6 is 0 Å². The molecular formula is C10H5FNO3. The number of nitrogens with zero attached hydrogens (tertiary/aromatic N) is 1. The summed E-state index contributed by atoms with van der Waals surface area (Å²) in [6, 6.07) is 4.78. The van der Waals surface area contributed by atoms with Crippen LogP contribution in [-0.2, 0) is 5.11 Å². The Morgan fingerprint density at radius 3 is 2.80 bits per heavy atom. The maximum absolute atomic E-state index is 13.2. The van der Waals surface area contributed by atoms with Gasteiger partial charge in [0.15, 0.2) is 11.4 Å². The van der Waals surface area contributed by atoms with Crippen LogP contribution in [0.15, 0.2) is 24.3 Å². The second-order valence-electron chi connectivity index (χ2n) is 2.95. The maximum Gasteiger partial charge on any atom is 0.354 e. The van der Waals surface area contributed by atoms with E-state index in [1.165, 1.54) is 12.1 Å². The predicted octanol–water partition coefficient (Wildman–Crippen LogP) is 2.22. The largest absolute Gasteiger partial charge is 0.477 e. The first-order chi connectivity index (χ1) is 7.09. The number of carbonyl (C=O) groups is 1. The van der Waals surface area contributed by atoms with Crippen LogP contribution in [0.1, 0.15) is 10.5 Å². The molecule has 0 saturated heterocycles. The normalized spacial score (nSPS) is 10.5. The molecule has 0 atom stereocenters. The van der Waals surface area contributed by atoms with Gasteiger partial charge in [0.25, 0.3) is 0 Å². The van der Waals surface area contributed by atoms with Gasteiger partial charge in [-0.3, -0.25) is 5.11 Å². The third-order valence-corrected chi connectivity index (χ3v) is 1.97. The number of hydrogen-bond acceptors (Lipinski definition) is 2. The molecule has 4 nitrogen and oxygen atoms in total. The molecule has 1 radical (unpaired) electrons. The predicted molar refractivity (Wildman–Crippen MR) is 48.8 cm³/mol. The number of para-hydroxylation sites is 1. The first kappa shape index (κ1) is 9.39. The zero-order chi connectivity index (χ0) is 11.0. The SMILES string of the molecule is [O]c1cc(C(=O)O)nc2c(F)cccc12. The van der Waals surface area contributed by atoms with E-state index >= 15 is 0 Å². The molecular weight excluding hydrogens is 201 g/mol. The van der Waals surface area contributed by atoms with Gasteiger partial charge >= 0.3 is 5.97 Å². The van der Waals surface area contributed by atoms with E-state index < -0.39 is 23.2 Å². The topological polar surface area (TPSA) is 70.1 Å². The Morgan fingerprint density at radius 2 is 2.13 bits per heavy atom. The third kappa shape index (κ3) is 1.48. The van der Waals surface area contributed by atoms with Crippen molar-refractivity contribution in [3.8, 4) is 5.75 Å². The van der Waals surface area contributed by atoms with Crippen LogP contribution in [-0.4, -0.2) is 16.1 Å². The molecule has 0 aliphatic heterocycles. The molecule has 0 unspecified atom stereocenters. The summed E-state index contributed by atoms with van der Waals surface area (Å²) in [7, 11) is 0. The number of carboxylic acids is 1. The van der Waals surface area contributed by atoms with E-state index in [0.29, 0.717) is 0 Å². The minimum Gasteiger partial charge on any atom is -0.477 e. The number of aromatic carboxylic acids is 1. The Labute approximate surface area is 83.6 Å². The number of fused-ring (bicyclic) bond motifs is 1. The van der Waals surface area contributed by atoms with Crippen molar-refractivity contribution in [3.63, 3.8) is 0 Å². The number of rotatable bonds is 1.